The molecule has 7 rings (SSSR count). The van der Waals surface area contributed by atoms with Crippen LogP contribution in [0.5, 0.6) is 11.5 Å². The van der Waals surface area contributed by atoms with E-state index in [0.29, 0.717) is 55.3 Å². The number of amides is 3. The number of nitrogens with one attached hydrogen (secondary N) is 2. The van der Waals surface area contributed by atoms with Gasteiger partial charge < -0.3 is 36.1 Å². The topological polar surface area (TPSA) is 136 Å². The van der Waals surface area contributed by atoms with Gasteiger partial charge in [-0.15, -0.1) is 0 Å². The van der Waals surface area contributed by atoms with Crippen LogP contribution < -0.4 is 71.5 Å². The van der Waals surface area contributed by atoms with Gasteiger partial charge in [0.05, 0.1) is 25.2 Å². The van der Waals surface area contributed by atoms with Gasteiger partial charge in [0.1, 0.15) is 22.7 Å². The molecule has 2 aromatic rings. The second kappa shape index (κ2) is 13.7. The zero-order chi connectivity index (χ0) is 29.3. The van der Waals surface area contributed by atoms with E-state index in [0.717, 1.165) is 41.2 Å². The van der Waals surface area contributed by atoms with Gasteiger partial charge in [-0.3, -0.25) is 14.9 Å². The third kappa shape index (κ3) is 6.67. The zero-order valence-electron chi connectivity index (χ0n) is 23.1. The minimum Gasteiger partial charge on any atom is -0.512 e. The summed E-state index contributed by atoms with van der Waals surface area (Å²) < 4.78 is 25.0. The fourth-order valence-corrected chi connectivity index (χ4v) is 6.86. The Morgan fingerprint density at radius 2 is 1.43 bits per heavy atom. The number of imide groups is 1. The summed E-state index contributed by atoms with van der Waals surface area (Å²) in [4.78, 5) is 36.5. The Labute approximate surface area is 303 Å². The molecule has 3 saturated heterocycles. The number of rotatable bonds is 0. The summed E-state index contributed by atoms with van der Waals surface area (Å²) in [6.45, 7) is 7.16. The van der Waals surface area contributed by atoms with E-state index in [1.54, 1.807) is 0 Å². The van der Waals surface area contributed by atoms with E-state index in [2.05, 4.69) is 42.5 Å². The van der Waals surface area contributed by atoms with Crippen LogP contribution in [-0.4, -0.2) is 55.4 Å². The number of carbonyl (C=O) groups excluding carboxylic acids is 3. The Balaban J connectivity index is 0.000000183. The first-order valence-electron chi connectivity index (χ1n) is 13.2. The first-order chi connectivity index (χ1) is 19.7. The Bertz CT molecular complexity index is 1390. The van der Waals surface area contributed by atoms with Crippen molar-refractivity contribution in [3.63, 3.8) is 0 Å². The van der Waals surface area contributed by atoms with Crippen molar-refractivity contribution in [1.29, 1.82) is 5.26 Å². The van der Waals surface area contributed by atoms with Gasteiger partial charge in [-0.1, -0.05) is 31.9 Å². The molecule has 0 aromatic heterocycles. The number of nitrogens with zero attached hydrogens (tertiary/aromatic N) is 1. The van der Waals surface area contributed by atoms with Gasteiger partial charge in [0.15, 0.2) is 11.3 Å². The van der Waals surface area contributed by atoms with Gasteiger partial charge in [0.25, 0.3) is 5.91 Å². The summed E-state index contributed by atoms with van der Waals surface area (Å²) in [5, 5.41) is 11.4. The molecule has 13 heteroatoms. The molecule has 5 heterocycles. The predicted octanol–water partition coefficient (Wildman–Crippen LogP) is 1.88. The normalized spacial score (nSPS) is 28.7. The number of halogens is 2. The van der Waals surface area contributed by atoms with Crippen LogP contribution in [0, 0.1) is 11.8 Å². The van der Waals surface area contributed by atoms with Crippen molar-refractivity contribution in [2.75, 3.05) is 26.4 Å². The Morgan fingerprint density at radius 3 is 2.02 bits per heavy atom. The Kier molecular flexibility index (Phi) is 11.0. The van der Waals surface area contributed by atoms with Crippen molar-refractivity contribution < 1.29 is 84.7 Å². The van der Waals surface area contributed by atoms with E-state index in [1.807, 2.05) is 36.4 Å². The largest absolute Gasteiger partial charge is 1.00 e. The Hall–Kier alpha value is -1.34. The summed E-state index contributed by atoms with van der Waals surface area (Å²) in [5.74, 6) is 1.13. The standard InChI is InChI=1S/C15H15BrN2O4.C13H13BrO3.CN.K/c16-9-2-3-11-10(6-9)15(12(19)17-13(20)18-15)7-14(22-11)4-1-5-21-8-14;14-9-2-3-12-10(6-9)11(15)7-13(17-12)4-1-5-16-8-13;1-2;/h2-3,6H,1,4-5,7-8H2,(H2,17,18,19,20);2-3,6H,1,4-5,7-8H2;;/q;;-1;+1. The van der Waals surface area contributed by atoms with Crippen LogP contribution in [-0.2, 0) is 19.8 Å². The molecule has 5 aliphatic heterocycles. The third-order valence-electron chi connectivity index (χ3n) is 7.88. The van der Waals surface area contributed by atoms with E-state index in [1.165, 1.54) is 0 Å². The van der Waals surface area contributed by atoms with Crippen molar-refractivity contribution in [3.8, 4) is 11.5 Å². The summed E-state index contributed by atoms with van der Waals surface area (Å²) in [7, 11) is 0. The van der Waals surface area contributed by atoms with Gasteiger partial charge in [-0.25, -0.2) is 4.79 Å². The van der Waals surface area contributed by atoms with Crippen molar-refractivity contribution in [2.45, 2.75) is 55.3 Å². The first kappa shape index (κ1) is 33.5. The summed E-state index contributed by atoms with van der Waals surface area (Å²) in [6, 6.07) is 10.6. The fraction of sp³-hybridized carbons (Fsp3) is 0.448. The second-order valence-corrected chi connectivity index (χ2v) is 12.6. The van der Waals surface area contributed by atoms with Gasteiger partial charge in [0.2, 0.25) is 0 Å². The molecule has 0 bridgehead atoms. The van der Waals surface area contributed by atoms with Crippen molar-refractivity contribution in [3.05, 3.63) is 63.0 Å². The molecule has 0 aliphatic carbocycles. The molecule has 42 heavy (non-hydrogen) atoms. The van der Waals surface area contributed by atoms with Crippen molar-refractivity contribution in [1.82, 2.24) is 10.6 Å². The number of hydrogen-bond acceptors (Lipinski definition) is 8. The Morgan fingerprint density at radius 1 is 0.833 bits per heavy atom. The minimum atomic E-state index is -1.09. The number of ether oxygens (including phenoxy) is 4. The molecule has 216 valence electrons. The monoisotopic (exact) mass is 727 g/mol. The average molecular weight is 729 g/mol. The quantitative estimate of drug-likeness (QED) is 0.239. The molecule has 3 atom stereocenters. The third-order valence-corrected chi connectivity index (χ3v) is 8.87. The SMILES string of the molecule is O=C1CC2(CCCOC2)Oc2ccc(Br)cc21.O=C1NC(=O)C2(CC3(CCCOC3)Oc3ccc(Br)cc32)N1.[C-]#N.[K+]. The molecule has 3 fully saturated rings. The number of ketones is 1. The van der Waals surface area contributed by atoms with E-state index >= 15 is 0 Å². The molecular formula is C29H28Br2KN3O7. The van der Waals surface area contributed by atoms with E-state index in [4.69, 9.17) is 30.8 Å². The number of Topliss-reactive ketones (excluding diaryl/α,β-unsaturated/α-hetero) is 1. The first-order valence-corrected chi connectivity index (χ1v) is 14.8. The van der Waals surface area contributed by atoms with Crippen LogP contribution in [0.25, 0.3) is 0 Å². The number of hydrogen-bond donors (Lipinski definition) is 2. The number of carbonyl (C=O) groups is 3. The molecule has 5 aliphatic rings. The van der Waals surface area contributed by atoms with Crippen LogP contribution in [0.3, 0.4) is 0 Å². The molecule has 2 aromatic carbocycles. The predicted molar refractivity (Wildman–Crippen MR) is 152 cm³/mol. The summed E-state index contributed by atoms with van der Waals surface area (Å²) in [6.07, 6.45) is 4.33. The molecule has 0 saturated carbocycles. The molecule has 2 N–H and O–H groups in total. The van der Waals surface area contributed by atoms with Crippen LogP contribution in [0.1, 0.15) is 54.4 Å². The second-order valence-electron chi connectivity index (χ2n) is 10.8. The van der Waals surface area contributed by atoms with Gasteiger partial charge >= 0.3 is 57.4 Å². The van der Waals surface area contributed by atoms with Gasteiger partial charge in [-0.2, -0.15) is 0 Å². The molecular weight excluding hydrogens is 701 g/mol. The van der Waals surface area contributed by atoms with Crippen LogP contribution >= 0.6 is 31.9 Å². The van der Waals surface area contributed by atoms with Crippen molar-refractivity contribution in [2.24, 2.45) is 0 Å². The van der Waals surface area contributed by atoms with E-state index in [-0.39, 0.29) is 63.1 Å². The number of urea groups is 1. The van der Waals surface area contributed by atoms with Crippen LogP contribution in [0.2, 0.25) is 0 Å². The molecule has 0 radical (unpaired) electrons. The number of benzene rings is 2. The minimum absolute atomic E-state index is 0. The van der Waals surface area contributed by atoms with Crippen molar-refractivity contribution >= 4 is 49.6 Å². The van der Waals surface area contributed by atoms with E-state index < -0.39 is 22.8 Å². The van der Waals surface area contributed by atoms with Crippen LogP contribution in [0.15, 0.2) is 45.3 Å². The summed E-state index contributed by atoms with van der Waals surface area (Å²) >= 11 is 6.79. The van der Waals surface area contributed by atoms with Crippen LogP contribution in [0.4, 0.5) is 4.79 Å². The van der Waals surface area contributed by atoms with Gasteiger partial charge in [-0.05, 0) is 62.1 Å². The maximum Gasteiger partial charge on any atom is 1.00 e. The van der Waals surface area contributed by atoms with Gasteiger partial charge in [0, 0.05) is 34.1 Å². The molecule has 10 nitrogen and oxygen atoms in total. The molecule has 3 amide bonds. The van der Waals surface area contributed by atoms with E-state index in [9.17, 15) is 14.4 Å². The zero-order valence-corrected chi connectivity index (χ0v) is 29.4. The molecule has 3 unspecified atom stereocenters. The smallest absolute Gasteiger partial charge is 0.512 e. The molecule has 3 spiro atoms. The number of fused-ring (bicyclic) bond motifs is 3. The maximum absolute atomic E-state index is 12.6. The average Bonchev–Trinajstić information content (AvgIpc) is 3.24. The fourth-order valence-electron chi connectivity index (χ4n) is 6.14. The maximum atomic E-state index is 12.6. The summed E-state index contributed by atoms with van der Waals surface area (Å²) in [5.41, 5.74) is -0.726.